The molecular weight excluding hydrogens is 356 g/mol. The normalized spacial score (nSPS) is 10.6. The first-order valence-electron chi connectivity index (χ1n) is 8.81. The van der Waals surface area contributed by atoms with Gasteiger partial charge in [-0.3, -0.25) is 9.59 Å². The van der Waals surface area contributed by atoms with E-state index in [0.29, 0.717) is 18.0 Å². The van der Waals surface area contributed by atoms with Gasteiger partial charge in [0.15, 0.2) is 5.76 Å². The molecule has 6 heteroatoms. The molecule has 0 aliphatic heterocycles. The SMILES string of the molecule is CCOc1ccc(/C=C/C(=O)Nc2cccc(NC(=O)c3ccco3)c2)cc1. The number of carbonyl (C=O) groups excluding carboxylic acids is 2. The smallest absolute Gasteiger partial charge is 0.291 e. The molecule has 0 atom stereocenters. The number of hydrogen-bond donors (Lipinski definition) is 2. The van der Waals surface area contributed by atoms with Gasteiger partial charge in [-0.2, -0.15) is 0 Å². The molecule has 1 heterocycles. The Hall–Kier alpha value is -3.80. The van der Waals surface area contributed by atoms with Crippen molar-refractivity contribution in [3.63, 3.8) is 0 Å². The fourth-order valence-electron chi connectivity index (χ4n) is 2.47. The Balaban J connectivity index is 1.58. The minimum atomic E-state index is -0.358. The van der Waals surface area contributed by atoms with Crippen LogP contribution >= 0.6 is 0 Å². The lowest BCUT2D eigenvalue weighted by molar-refractivity contribution is -0.111. The predicted octanol–water partition coefficient (Wildman–Crippen LogP) is 4.58. The van der Waals surface area contributed by atoms with E-state index in [1.54, 1.807) is 42.5 Å². The van der Waals surface area contributed by atoms with E-state index in [2.05, 4.69) is 10.6 Å². The Labute approximate surface area is 162 Å². The summed E-state index contributed by atoms with van der Waals surface area (Å²) >= 11 is 0. The summed E-state index contributed by atoms with van der Waals surface area (Å²) in [6.45, 7) is 2.54. The number of furan rings is 1. The van der Waals surface area contributed by atoms with Crippen LogP contribution in [0, 0.1) is 0 Å². The van der Waals surface area contributed by atoms with E-state index in [1.807, 2.05) is 31.2 Å². The number of nitrogens with one attached hydrogen (secondary N) is 2. The summed E-state index contributed by atoms with van der Waals surface area (Å²) in [4.78, 5) is 24.2. The number of anilines is 2. The lowest BCUT2D eigenvalue weighted by atomic mass is 10.2. The van der Waals surface area contributed by atoms with Crippen molar-refractivity contribution < 1.29 is 18.7 Å². The monoisotopic (exact) mass is 376 g/mol. The van der Waals surface area contributed by atoms with E-state index < -0.39 is 0 Å². The van der Waals surface area contributed by atoms with E-state index in [0.717, 1.165) is 11.3 Å². The Bertz CT molecular complexity index is 960. The van der Waals surface area contributed by atoms with Crippen molar-refractivity contribution >= 4 is 29.3 Å². The third-order valence-electron chi connectivity index (χ3n) is 3.75. The zero-order valence-electron chi connectivity index (χ0n) is 15.3. The van der Waals surface area contributed by atoms with Gasteiger partial charge < -0.3 is 19.8 Å². The van der Waals surface area contributed by atoms with Crippen LogP contribution in [0.15, 0.2) is 77.4 Å². The Kier molecular flexibility index (Phi) is 6.25. The number of carbonyl (C=O) groups is 2. The fraction of sp³-hybridized carbons (Fsp3) is 0.0909. The van der Waals surface area contributed by atoms with Crippen LogP contribution < -0.4 is 15.4 Å². The maximum Gasteiger partial charge on any atom is 0.291 e. The molecule has 3 rings (SSSR count). The van der Waals surface area contributed by atoms with Gasteiger partial charge in [-0.1, -0.05) is 18.2 Å². The number of benzene rings is 2. The highest BCUT2D eigenvalue weighted by Gasteiger charge is 2.09. The zero-order chi connectivity index (χ0) is 19.8. The fourth-order valence-corrected chi connectivity index (χ4v) is 2.47. The highest BCUT2D eigenvalue weighted by atomic mass is 16.5. The molecule has 0 spiro atoms. The highest BCUT2D eigenvalue weighted by Crippen LogP contribution is 2.17. The molecule has 0 aliphatic carbocycles. The van der Waals surface area contributed by atoms with Gasteiger partial charge in [0.25, 0.3) is 5.91 Å². The standard InChI is InChI=1S/C22H20N2O4/c1-2-27-19-11-8-16(9-12-19)10-13-21(25)23-17-5-3-6-18(15-17)24-22(26)20-7-4-14-28-20/h3-15H,2H2,1H3,(H,23,25)(H,24,26)/b13-10+. The van der Waals surface area contributed by atoms with E-state index in [-0.39, 0.29) is 17.6 Å². The van der Waals surface area contributed by atoms with Crippen LogP contribution in [0.1, 0.15) is 23.0 Å². The lowest BCUT2D eigenvalue weighted by Crippen LogP contribution is -2.12. The Morgan fingerprint density at radius 2 is 1.75 bits per heavy atom. The second-order valence-corrected chi connectivity index (χ2v) is 5.84. The first-order valence-corrected chi connectivity index (χ1v) is 8.81. The molecule has 0 radical (unpaired) electrons. The maximum atomic E-state index is 12.2. The third-order valence-corrected chi connectivity index (χ3v) is 3.75. The summed E-state index contributed by atoms with van der Waals surface area (Å²) in [7, 11) is 0. The first-order chi connectivity index (χ1) is 13.6. The van der Waals surface area contributed by atoms with E-state index in [4.69, 9.17) is 9.15 Å². The van der Waals surface area contributed by atoms with Crippen molar-refractivity contribution in [2.75, 3.05) is 17.2 Å². The van der Waals surface area contributed by atoms with E-state index >= 15 is 0 Å². The Morgan fingerprint density at radius 1 is 1.00 bits per heavy atom. The van der Waals surface area contributed by atoms with Crippen LogP contribution in [0.4, 0.5) is 11.4 Å². The molecular formula is C22H20N2O4. The summed E-state index contributed by atoms with van der Waals surface area (Å²) in [5.41, 5.74) is 2.01. The molecule has 28 heavy (non-hydrogen) atoms. The van der Waals surface area contributed by atoms with Gasteiger partial charge in [-0.25, -0.2) is 0 Å². The number of ether oxygens (including phenoxy) is 1. The number of rotatable bonds is 7. The summed E-state index contributed by atoms with van der Waals surface area (Å²) in [6.07, 6.45) is 4.60. The van der Waals surface area contributed by atoms with Crippen LogP contribution in [-0.4, -0.2) is 18.4 Å². The summed E-state index contributed by atoms with van der Waals surface area (Å²) in [5, 5.41) is 5.48. The molecule has 6 nitrogen and oxygen atoms in total. The van der Waals surface area contributed by atoms with Crippen molar-refractivity contribution in [3.8, 4) is 5.75 Å². The molecule has 3 aromatic rings. The van der Waals surface area contributed by atoms with Gasteiger partial charge in [0.2, 0.25) is 5.91 Å². The van der Waals surface area contributed by atoms with Gasteiger partial charge in [-0.15, -0.1) is 0 Å². The average Bonchev–Trinajstić information content (AvgIpc) is 3.23. The largest absolute Gasteiger partial charge is 0.494 e. The molecule has 0 aliphatic rings. The van der Waals surface area contributed by atoms with Crippen LogP contribution in [0.2, 0.25) is 0 Å². The minimum Gasteiger partial charge on any atom is -0.494 e. The van der Waals surface area contributed by atoms with Gasteiger partial charge in [0.05, 0.1) is 12.9 Å². The molecule has 0 fully saturated rings. The average molecular weight is 376 g/mol. The second-order valence-electron chi connectivity index (χ2n) is 5.84. The molecule has 0 saturated heterocycles. The molecule has 0 unspecified atom stereocenters. The van der Waals surface area contributed by atoms with Crippen LogP contribution in [-0.2, 0) is 4.79 Å². The minimum absolute atomic E-state index is 0.215. The van der Waals surface area contributed by atoms with Crippen molar-refractivity contribution in [2.24, 2.45) is 0 Å². The molecule has 2 N–H and O–H groups in total. The topological polar surface area (TPSA) is 80.6 Å². The summed E-state index contributed by atoms with van der Waals surface area (Å²) in [6, 6.07) is 17.6. The molecule has 2 amide bonds. The summed E-state index contributed by atoms with van der Waals surface area (Å²) in [5.74, 6) is 0.373. The number of amides is 2. The van der Waals surface area contributed by atoms with Gasteiger partial charge in [0, 0.05) is 17.5 Å². The zero-order valence-corrected chi connectivity index (χ0v) is 15.3. The number of hydrogen-bond acceptors (Lipinski definition) is 4. The van der Waals surface area contributed by atoms with Crippen LogP contribution in [0.5, 0.6) is 5.75 Å². The van der Waals surface area contributed by atoms with Crippen molar-refractivity contribution in [1.29, 1.82) is 0 Å². The molecule has 142 valence electrons. The second kappa shape index (κ2) is 9.23. The van der Waals surface area contributed by atoms with Crippen molar-refractivity contribution in [1.82, 2.24) is 0 Å². The van der Waals surface area contributed by atoms with Gasteiger partial charge in [-0.05, 0) is 61.0 Å². The maximum absolute atomic E-state index is 12.2. The van der Waals surface area contributed by atoms with E-state index in [9.17, 15) is 9.59 Å². The predicted molar refractivity (Wildman–Crippen MR) is 108 cm³/mol. The Morgan fingerprint density at radius 3 is 2.43 bits per heavy atom. The molecule has 0 saturated carbocycles. The van der Waals surface area contributed by atoms with Gasteiger partial charge in [0.1, 0.15) is 5.75 Å². The quantitative estimate of drug-likeness (QED) is 0.591. The lowest BCUT2D eigenvalue weighted by Gasteiger charge is -2.07. The molecule has 2 aromatic carbocycles. The highest BCUT2D eigenvalue weighted by molar-refractivity contribution is 6.04. The summed E-state index contributed by atoms with van der Waals surface area (Å²) < 4.78 is 10.4. The molecule has 0 bridgehead atoms. The third kappa shape index (κ3) is 5.35. The van der Waals surface area contributed by atoms with Crippen LogP contribution in [0.25, 0.3) is 6.08 Å². The van der Waals surface area contributed by atoms with Crippen LogP contribution in [0.3, 0.4) is 0 Å². The van der Waals surface area contributed by atoms with E-state index in [1.165, 1.54) is 12.3 Å². The van der Waals surface area contributed by atoms with Crippen molar-refractivity contribution in [3.05, 3.63) is 84.3 Å². The first kappa shape index (κ1) is 19.0. The van der Waals surface area contributed by atoms with Gasteiger partial charge >= 0.3 is 0 Å². The van der Waals surface area contributed by atoms with Crippen molar-refractivity contribution in [2.45, 2.75) is 6.92 Å². The molecule has 1 aromatic heterocycles.